The Morgan fingerprint density at radius 1 is 1.02 bits per heavy atom. The molecule has 0 unspecified atom stereocenters. The van der Waals surface area contributed by atoms with E-state index < -0.39 is 0 Å². The highest BCUT2D eigenvalue weighted by molar-refractivity contribution is 9.10. The van der Waals surface area contributed by atoms with E-state index in [-0.39, 0.29) is 18.1 Å². The Hall–Kier alpha value is -3.65. The first-order valence-corrected chi connectivity index (χ1v) is 14.8. The molecule has 214 valence electrons. The SMILES string of the molecule is COc1cc(C)c(-c2nc3ccccc3c(=O)n2N=Cc2ccc(OCc3ccc(Cl)cc3Cl)c(Br)c2)cc1C(C)C. The first kappa shape index (κ1) is 29.8. The van der Waals surface area contributed by atoms with Crippen molar-refractivity contribution >= 4 is 56.2 Å². The average molecular weight is 665 g/mol. The second-order valence-electron chi connectivity index (χ2n) is 10.1. The zero-order valence-electron chi connectivity index (χ0n) is 23.5. The third-order valence-electron chi connectivity index (χ3n) is 6.87. The molecule has 0 aliphatic rings. The van der Waals surface area contributed by atoms with Crippen LogP contribution in [-0.2, 0) is 6.61 Å². The molecule has 42 heavy (non-hydrogen) atoms. The summed E-state index contributed by atoms with van der Waals surface area (Å²) >= 11 is 15.9. The van der Waals surface area contributed by atoms with Crippen LogP contribution in [-0.4, -0.2) is 23.0 Å². The lowest BCUT2D eigenvalue weighted by Crippen LogP contribution is -2.20. The molecule has 0 aliphatic heterocycles. The van der Waals surface area contributed by atoms with Crippen LogP contribution in [0.3, 0.4) is 0 Å². The molecule has 6 nitrogen and oxygen atoms in total. The number of ether oxygens (including phenoxy) is 2. The van der Waals surface area contributed by atoms with E-state index in [4.69, 9.17) is 37.7 Å². The third kappa shape index (κ3) is 6.24. The van der Waals surface area contributed by atoms with Gasteiger partial charge in [0, 0.05) is 21.2 Å². The van der Waals surface area contributed by atoms with Gasteiger partial charge in [-0.25, -0.2) is 4.98 Å². The van der Waals surface area contributed by atoms with Crippen LogP contribution in [0.1, 0.15) is 42.0 Å². The Kier molecular flexibility index (Phi) is 9.02. The maximum absolute atomic E-state index is 13.7. The van der Waals surface area contributed by atoms with Gasteiger partial charge in [0.2, 0.25) is 0 Å². The number of aryl methyl sites for hydroxylation is 1. The van der Waals surface area contributed by atoms with E-state index in [9.17, 15) is 4.79 Å². The van der Waals surface area contributed by atoms with Crippen LogP contribution in [0.4, 0.5) is 0 Å². The van der Waals surface area contributed by atoms with Crippen molar-refractivity contribution < 1.29 is 9.47 Å². The summed E-state index contributed by atoms with van der Waals surface area (Å²) in [5.41, 5.74) is 4.69. The van der Waals surface area contributed by atoms with Gasteiger partial charge in [-0.05, 0) is 100 Å². The van der Waals surface area contributed by atoms with Crippen molar-refractivity contribution in [2.75, 3.05) is 7.11 Å². The molecular weight excluding hydrogens is 637 g/mol. The van der Waals surface area contributed by atoms with Crippen molar-refractivity contribution in [3.05, 3.63) is 120 Å². The molecule has 0 N–H and O–H groups in total. The second-order valence-corrected chi connectivity index (χ2v) is 11.8. The Bertz CT molecular complexity index is 1890. The van der Waals surface area contributed by atoms with Gasteiger partial charge in [-0.2, -0.15) is 9.78 Å². The zero-order chi connectivity index (χ0) is 30.0. The number of benzene rings is 4. The van der Waals surface area contributed by atoms with E-state index in [0.717, 1.165) is 38.0 Å². The Morgan fingerprint density at radius 2 is 1.81 bits per heavy atom. The van der Waals surface area contributed by atoms with Gasteiger partial charge in [0.25, 0.3) is 5.56 Å². The van der Waals surface area contributed by atoms with Crippen LogP contribution < -0.4 is 15.0 Å². The van der Waals surface area contributed by atoms with Gasteiger partial charge in [0.15, 0.2) is 5.82 Å². The van der Waals surface area contributed by atoms with E-state index in [0.29, 0.717) is 32.5 Å². The minimum atomic E-state index is -0.257. The lowest BCUT2D eigenvalue weighted by atomic mass is 9.96. The molecule has 0 fully saturated rings. The quantitative estimate of drug-likeness (QED) is 0.155. The summed E-state index contributed by atoms with van der Waals surface area (Å²) in [6, 6.07) is 22.2. The van der Waals surface area contributed by atoms with Crippen LogP contribution >= 0.6 is 39.1 Å². The molecule has 0 saturated carbocycles. The first-order chi connectivity index (χ1) is 20.2. The lowest BCUT2D eigenvalue weighted by Gasteiger charge is -2.17. The molecule has 0 radical (unpaired) electrons. The molecule has 0 amide bonds. The predicted molar refractivity (Wildman–Crippen MR) is 175 cm³/mol. The molecule has 5 aromatic rings. The normalized spacial score (nSPS) is 11.5. The van der Waals surface area contributed by atoms with Crippen molar-refractivity contribution in [1.82, 2.24) is 9.66 Å². The predicted octanol–water partition coefficient (Wildman–Crippen LogP) is 9.03. The zero-order valence-corrected chi connectivity index (χ0v) is 26.6. The van der Waals surface area contributed by atoms with Crippen LogP contribution in [0.5, 0.6) is 11.5 Å². The number of methoxy groups -OCH3 is 1. The standard InChI is InChI=1S/C33H28BrCl2N3O3/c1-19(2)25-16-26(20(3)13-31(25)41-4)32-38-29-8-6-5-7-24(29)33(40)39(32)37-17-21-9-12-30(27(34)14-21)42-18-22-10-11-23(35)15-28(22)36/h5-17,19H,18H2,1-4H3. The molecule has 0 atom stereocenters. The molecule has 0 saturated heterocycles. The summed E-state index contributed by atoms with van der Waals surface area (Å²) in [5.74, 6) is 2.10. The van der Waals surface area contributed by atoms with Crippen LogP contribution in [0.25, 0.3) is 22.3 Å². The molecular formula is C33H28BrCl2N3O3. The Balaban J connectivity index is 1.53. The maximum atomic E-state index is 13.7. The highest BCUT2D eigenvalue weighted by atomic mass is 79.9. The van der Waals surface area contributed by atoms with Crippen molar-refractivity contribution in [1.29, 1.82) is 0 Å². The summed E-state index contributed by atoms with van der Waals surface area (Å²) < 4.78 is 13.7. The van der Waals surface area contributed by atoms with Crippen molar-refractivity contribution in [3.8, 4) is 22.9 Å². The monoisotopic (exact) mass is 663 g/mol. The van der Waals surface area contributed by atoms with Gasteiger partial charge in [-0.15, -0.1) is 0 Å². The molecule has 0 bridgehead atoms. The van der Waals surface area contributed by atoms with Crippen molar-refractivity contribution in [3.63, 3.8) is 0 Å². The summed E-state index contributed by atoms with van der Waals surface area (Å²) in [4.78, 5) is 18.6. The first-order valence-electron chi connectivity index (χ1n) is 13.3. The van der Waals surface area contributed by atoms with E-state index in [1.807, 2.05) is 61.5 Å². The van der Waals surface area contributed by atoms with Crippen LogP contribution in [0, 0.1) is 6.92 Å². The van der Waals surface area contributed by atoms with Crippen LogP contribution in [0.2, 0.25) is 10.0 Å². The third-order valence-corrected chi connectivity index (χ3v) is 8.08. The number of nitrogens with zero attached hydrogens (tertiary/aromatic N) is 3. The second kappa shape index (κ2) is 12.7. The van der Waals surface area contributed by atoms with E-state index in [1.165, 1.54) is 4.68 Å². The minimum Gasteiger partial charge on any atom is -0.496 e. The van der Waals surface area contributed by atoms with E-state index >= 15 is 0 Å². The highest BCUT2D eigenvalue weighted by Gasteiger charge is 2.18. The molecule has 9 heteroatoms. The Morgan fingerprint density at radius 3 is 2.52 bits per heavy atom. The number of hydrogen-bond donors (Lipinski definition) is 0. The maximum Gasteiger partial charge on any atom is 0.282 e. The van der Waals surface area contributed by atoms with Crippen molar-refractivity contribution in [2.45, 2.75) is 33.3 Å². The Labute approximate surface area is 262 Å². The summed E-state index contributed by atoms with van der Waals surface area (Å²) in [6.45, 7) is 6.46. The summed E-state index contributed by atoms with van der Waals surface area (Å²) in [6.07, 6.45) is 1.63. The number of para-hydroxylation sites is 1. The summed E-state index contributed by atoms with van der Waals surface area (Å²) in [5, 5.41) is 6.24. The molecule has 5 rings (SSSR count). The molecule has 1 heterocycles. The average Bonchev–Trinajstić information content (AvgIpc) is 2.96. The van der Waals surface area contributed by atoms with Gasteiger partial charge in [0.1, 0.15) is 18.1 Å². The van der Waals surface area contributed by atoms with Gasteiger partial charge >= 0.3 is 0 Å². The fourth-order valence-electron chi connectivity index (χ4n) is 4.61. The fourth-order valence-corrected chi connectivity index (χ4v) is 5.58. The number of rotatable bonds is 8. The van der Waals surface area contributed by atoms with Gasteiger partial charge in [0.05, 0.1) is 28.7 Å². The van der Waals surface area contributed by atoms with Gasteiger partial charge in [-0.1, -0.05) is 55.2 Å². The van der Waals surface area contributed by atoms with E-state index in [1.54, 1.807) is 31.5 Å². The molecule has 0 aliphatic carbocycles. The topological polar surface area (TPSA) is 65.7 Å². The number of halogens is 3. The van der Waals surface area contributed by atoms with Crippen LogP contribution in [0.15, 0.2) is 87.2 Å². The van der Waals surface area contributed by atoms with Gasteiger partial charge in [-0.3, -0.25) is 4.79 Å². The lowest BCUT2D eigenvalue weighted by molar-refractivity contribution is 0.304. The smallest absolute Gasteiger partial charge is 0.282 e. The number of hydrogen-bond acceptors (Lipinski definition) is 5. The minimum absolute atomic E-state index is 0.206. The summed E-state index contributed by atoms with van der Waals surface area (Å²) in [7, 11) is 1.66. The largest absolute Gasteiger partial charge is 0.496 e. The molecule has 4 aromatic carbocycles. The molecule has 0 spiro atoms. The number of fused-ring (bicyclic) bond motifs is 1. The van der Waals surface area contributed by atoms with E-state index in [2.05, 4.69) is 34.9 Å². The highest BCUT2D eigenvalue weighted by Crippen LogP contribution is 2.34. The van der Waals surface area contributed by atoms with Crippen molar-refractivity contribution in [2.24, 2.45) is 5.10 Å². The molecule has 1 aromatic heterocycles. The fraction of sp³-hybridized carbons (Fsp3) is 0.182. The number of aromatic nitrogens is 2. The van der Waals surface area contributed by atoms with Gasteiger partial charge < -0.3 is 9.47 Å².